The Kier molecular flexibility index (Phi) is 7.98. The summed E-state index contributed by atoms with van der Waals surface area (Å²) in [6.45, 7) is 8.90. The lowest BCUT2D eigenvalue weighted by molar-refractivity contribution is -0.110. The summed E-state index contributed by atoms with van der Waals surface area (Å²) in [7, 11) is 1.75. The summed E-state index contributed by atoms with van der Waals surface area (Å²) < 4.78 is 0. The molecule has 0 aromatic heterocycles. The summed E-state index contributed by atoms with van der Waals surface area (Å²) in [6, 6.07) is 22.4. The molecular formula is C32H35N5O3. The molecule has 2 aliphatic rings. The summed E-state index contributed by atoms with van der Waals surface area (Å²) in [5.41, 5.74) is 5.25. The molecule has 1 fully saturated rings. The van der Waals surface area contributed by atoms with Gasteiger partial charge in [-0.25, -0.2) is 0 Å². The largest absolute Gasteiger partial charge is 0.354 e. The van der Waals surface area contributed by atoms with E-state index < -0.39 is 0 Å². The summed E-state index contributed by atoms with van der Waals surface area (Å²) in [4.78, 5) is 45.0. The third-order valence-corrected chi connectivity index (χ3v) is 7.65. The van der Waals surface area contributed by atoms with Crippen molar-refractivity contribution in [1.29, 1.82) is 0 Å². The Hall–Kier alpha value is -4.43. The lowest BCUT2D eigenvalue weighted by Gasteiger charge is -2.34. The van der Waals surface area contributed by atoms with E-state index in [0.717, 1.165) is 49.5 Å². The van der Waals surface area contributed by atoms with Crippen molar-refractivity contribution in [2.75, 3.05) is 56.9 Å². The van der Waals surface area contributed by atoms with Crippen LogP contribution in [0.5, 0.6) is 0 Å². The standard InChI is InChI=1S/C32H35N5O3/c1-4-35(3)31(39)24-13-16-26-27(21-24)34-30(38)28(26)29(22-9-7-6-8-10-22)33-25-14-11-23(12-15-25)32(40)37-19-17-36(5-2)18-20-37/h6-16,21,33H,4-5,17-20H2,1-3H3,(H,34,38)/b29-28-. The van der Waals surface area contributed by atoms with Crippen LogP contribution in [0.1, 0.15) is 45.7 Å². The summed E-state index contributed by atoms with van der Waals surface area (Å²) in [5.74, 6) is -0.305. The third-order valence-electron chi connectivity index (χ3n) is 7.65. The van der Waals surface area contributed by atoms with Gasteiger partial charge < -0.3 is 25.3 Å². The number of benzene rings is 3. The van der Waals surface area contributed by atoms with E-state index in [9.17, 15) is 14.4 Å². The van der Waals surface area contributed by atoms with Gasteiger partial charge in [0.2, 0.25) is 0 Å². The molecule has 5 rings (SSSR count). The van der Waals surface area contributed by atoms with Crippen molar-refractivity contribution in [3.63, 3.8) is 0 Å². The highest BCUT2D eigenvalue weighted by molar-refractivity contribution is 6.37. The Morgan fingerprint density at radius 3 is 2.20 bits per heavy atom. The molecule has 1 saturated heterocycles. The van der Waals surface area contributed by atoms with E-state index in [-0.39, 0.29) is 17.7 Å². The van der Waals surface area contributed by atoms with Crippen molar-refractivity contribution < 1.29 is 14.4 Å². The molecule has 2 aliphatic heterocycles. The topological polar surface area (TPSA) is 85.0 Å². The minimum atomic E-state index is -0.243. The Bertz CT molecular complexity index is 1440. The van der Waals surface area contributed by atoms with Crippen molar-refractivity contribution in [3.8, 4) is 0 Å². The molecule has 0 spiro atoms. The molecule has 0 radical (unpaired) electrons. The molecule has 0 bridgehead atoms. The maximum absolute atomic E-state index is 13.3. The van der Waals surface area contributed by atoms with Gasteiger partial charge in [0.1, 0.15) is 0 Å². The van der Waals surface area contributed by atoms with Gasteiger partial charge in [-0.1, -0.05) is 43.3 Å². The van der Waals surface area contributed by atoms with Gasteiger partial charge in [-0.15, -0.1) is 0 Å². The zero-order valence-electron chi connectivity index (χ0n) is 23.2. The smallest absolute Gasteiger partial charge is 0.258 e. The molecule has 3 amide bonds. The van der Waals surface area contributed by atoms with Crippen LogP contribution < -0.4 is 10.6 Å². The number of anilines is 2. The predicted octanol–water partition coefficient (Wildman–Crippen LogP) is 4.49. The first-order chi connectivity index (χ1) is 19.4. The third kappa shape index (κ3) is 5.49. The van der Waals surface area contributed by atoms with E-state index in [1.807, 2.05) is 72.5 Å². The second-order valence-electron chi connectivity index (χ2n) is 10.1. The normalized spacial score (nSPS) is 16.3. The molecule has 40 heavy (non-hydrogen) atoms. The molecule has 0 saturated carbocycles. The number of hydrogen-bond acceptors (Lipinski definition) is 5. The minimum Gasteiger partial charge on any atom is -0.354 e. The van der Waals surface area contributed by atoms with E-state index in [1.165, 1.54) is 0 Å². The second kappa shape index (κ2) is 11.8. The zero-order valence-corrected chi connectivity index (χ0v) is 23.2. The molecule has 8 heteroatoms. The summed E-state index contributed by atoms with van der Waals surface area (Å²) >= 11 is 0. The number of piperazine rings is 1. The van der Waals surface area contributed by atoms with Crippen molar-refractivity contribution in [2.24, 2.45) is 0 Å². The van der Waals surface area contributed by atoms with Crippen molar-refractivity contribution >= 4 is 40.4 Å². The number of carbonyl (C=O) groups excluding carboxylic acids is 3. The van der Waals surface area contributed by atoms with E-state index in [2.05, 4.69) is 22.5 Å². The lowest BCUT2D eigenvalue weighted by Crippen LogP contribution is -2.48. The summed E-state index contributed by atoms with van der Waals surface area (Å²) in [6.07, 6.45) is 0. The first kappa shape index (κ1) is 27.1. The van der Waals surface area contributed by atoms with Gasteiger partial charge in [0.25, 0.3) is 17.7 Å². The van der Waals surface area contributed by atoms with E-state index in [0.29, 0.717) is 34.6 Å². The fourth-order valence-corrected chi connectivity index (χ4v) is 5.09. The molecule has 2 heterocycles. The van der Waals surface area contributed by atoms with E-state index in [1.54, 1.807) is 24.1 Å². The van der Waals surface area contributed by atoms with Gasteiger partial charge in [0.15, 0.2) is 0 Å². The van der Waals surface area contributed by atoms with Crippen molar-refractivity contribution in [3.05, 3.63) is 95.1 Å². The quantitative estimate of drug-likeness (QED) is 0.434. The number of amides is 3. The Morgan fingerprint density at radius 1 is 0.875 bits per heavy atom. The number of fused-ring (bicyclic) bond motifs is 1. The zero-order chi connectivity index (χ0) is 28.2. The Labute approximate surface area is 235 Å². The van der Waals surface area contributed by atoms with Crippen molar-refractivity contribution in [2.45, 2.75) is 13.8 Å². The maximum Gasteiger partial charge on any atom is 0.258 e. The Morgan fingerprint density at radius 2 is 1.55 bits per heavy atom. The van der Waals surface area contributed by atoms with Gasteiger partial charge in [0.05, 0.1) is 11.3 Å². The van der Waals surface area contributed by atoms with Crippen LogP contribution in [-0.2, 0) is 4.79 Å². The van der Waals surface area contributed by atoms with Gasteiger partial charge in [-0.05, 0) is 55.4 Å². The van der Waals surface area contributed by atoms with Crippen LogP contribution >= 0.6 is 0 Å². The number of rotatable bonds is 7. The molecular weight excluding hydrogens is 502 g/mol. The lowest BCUT2D eigenvalue weighted by atomic mass is 9.98. The fraction of sp³-hybridized carbons (Fsp3) is 0.281. The Balaban J connectivity index is 1.44. The van der Waals surface area contributed by atoms with Crippen LogP contribution in [0.15, 0.2) is 72.8 Å². The number of hydrogen-bond donors (Lipinski definition) is 2. The van der Waals surface area contributed by atoms with Crippen LogP contribution in [0.4, 0.5) is 11.4 Å². The van der Waals surface area contributed by atoms with Crippen LogP contribution in [0.3, 0.4) is 0 Å². The van der Waals surface area contributed by atoms with E-state index in [4.69, 9.17) is 0 Å². The first-order valence-electron chi connectivity index (χ1n) is 13.8. The van der Waals surface area contributed by atoms with Gasteiger partial charge in [-0.3, -0.25) is 14.4 Å². The highest BCUT2D eigenvalue weighted by atomic mass is 16.2. The highest BCUT2D eigenvalue weighted by Gasteiger charge is 2.30. The molecule has 3 aromatic rings. The molecule has 8 nitrogen and oxygen atoms in total. The molecule has 0 atom stereocenters. The molecule has 0 aliphatic carbocycles. The number of nitrogens with zero attached hydrogens (tertiary/aromatic N) is 3. The average Bonchev–Trinajstić information content (AvgIpc) is 3.34. The van der Waals surface area contributed by atoms with E-state index >= 15 is 0 Å². The predicted molar refractivity (Wildman–Crippen MR) is 159 cm³/mol. The number of nitrogens with one attached hydrogen (secondary N) is 2. The van der Waals surface area contributed by atoms with Gasteiger partial charge in [0, 0.05) is 67.8 Å². The molecule has 0 unspecified atom stereocenters. The summed E-state index contributed by atoms with van der Waals surface area (Å²) in [5, 5.41) is 6.39. The number of likely N-dealkylation sites (N-methyl/N-ethyl adjacent to an activating group) is 1. The van der Waals surface area contributed by atoms with Crippen molar-refractivity contribution in [1.82, 2.24) is 14.7 Å². The molecule has 2 N–H and O–H groups in total. The van der Waals surface area contributed by atoms with Crippen LogP contribution in [0.25, 0.3) is 11.3 Å². The van der Waals surface area contributed by atoms with Gasteiger partial charge >= 0.3 is 0 Å². The van der Waals surface area contributed by atoms with Crippen LogP contribution in [-0.4, -0.2) is 78.7 Å². The first-order valence-corrected chi connectivity index (χ1v) is 13.8. The minimum absolute atomic E-state index is 0.0344. The van der Waals surface area contributed by atoms with Gasteiger partial charge in [-0.2, -0.15) is 0 Å². The van der Waals surface area contributed by atoms with Crippen LogP contribution in [0, 0.1) is 0 Å². The fourth-order valence-electron chi connectivity index (χ4n) is 5.09. The average molecular weight is 538 g/mol. The second-order valence-corrected chi connectivity index (χ2v) is 10.1. The molecule has 3 aromatic carbocycles. The van der Waals surface area contributed by atoms with Crippen LogP contribution in [0.2, 0.25) is 0 Å². The maximum atomic E-state index is 13.3. The number of carbonyl (C=O) groups is 3. The molecule has 206 valence electrons. The monoisotopic (exact) mass is 537 g/mol. The SMILES string of the molecule is CCN1CCN(C(=O)c2ccc(N/C(=C3\C(=O)Nc4cc(C(=O)N(C)CC)ccc43)c3ccccc3)cc2)CC1. The highest BCUT2D eigenvalue weighted by Crippen LogP contribution is 2.38.